The van der Waals surface area contributed by atoms with E-state index in [0.717, 1.165) is 11.0 Å². The summed E-state index contributed by atoms with van der Waals surface area (Å²) in [7, 11) is 1.25. The molecule has 1 N–H and O–H groups in total. The van der Waals surface area contributed by atoms with Gasteiger partial charge in [0, 0.05) is 12.6 Å². The topological polar surface area (TPSA) is 66.8 Å². The van der Waals surface area contributed by atoms with Crippen molar-refractivity contribution in [1.82, 2.24) is 4.90 Å². The number of amides is 1. The molecule has 0 fully saturated rings. The van der Waals surface area contributed by atoms with Gasteiger partial charge in [0.2, 0.25) is 0 Å². The lowest BCUT2D eigenvalue weighted by molar-refractivity contribution is -0.274. The van der Waals surface area contributed by atoms with Crippen LogP contribution in [0.1, 0.15) is 24.2 Å². The largest absolute Gasteiger partial charge is 0.573 e. The molecule has 0 saturated heterocycles. The summed E-state index contributed by atoms with van der Waals surface area (Å²) in [6.45, 7) is 2.61. The standard InChI is InChI=1S/C13H13BrF3NO4/c1-12(2,11(20)21)18(3)10(19)7-4-5-8(14)9(6-7)22-13(15,16)17/h4-6H,1-3H3,(H,20,21). The third-order valence-electron chi connectivity index (χ3n) is 3.07. The normalized spacial score (nSPS) is 12.0. The summed E-state index contributed by atoms with van der Waals surface area (Å²) in [5.74, 6) is -2.57. The predicted molar refractivity (Wildman–Crippen MR) is 74.6 cm³/mol. The number of ether oxygens (including phenoxy) is 1. The number of carbonyl (C=O) groups excluding carboxylic acids is 1. The molecule has 0 atom stereocenters. The minimum Gasteiger partial charge on any atom is -0.480 e. The van der Waals surface area contributed by atoms with Crippen LogP contribution in [0.25, 0.3) is 0 Å². The van der Waals surface area contributed by atoms with Crippen LogP contribution in [0.3, 0.4) is 0 Å². The number of likely N-dealkylation sites (N-methyl/N-ethyl adjacent to an activating group) is 1. The third kappa shape index (κ3) is 4.12. The molecule has 9 heteroatoms. The molecule has 1 amide bonds. The maximum Gasteiger partial charge on any atom is 0.573 e. The Balaban J connectivity index is 3.15. The van der Waals surface area contributed by atoms with Crippen molar-refractivity contribution in [2.24, 2.45) is 0 Å². The van der Waals surface area contributed by atoms with Crippen molar-refractivity contribution in [3.63, 3.8) is 0 Å². The highest BCUT2D eigenvalue weighted by Crippen LogP contribution is 2.32. The van der Waals surface area contributed by atoms with Gasteiger partial charge in [0.05, 0.1) is 4.47 Å². The first-order chi connectivity index (χ1) is 9.86. The van der Waals surface area contributed by atoms with Crippen LogP contribution >= 0.6 is 15.9 Å². The van der Waals surface area contributed by atoms with Crippen molar-refractivity contribution in [2.75, 3.05) is 7.05 Å². The van der Waals surface area contributed by atoms with E-state index >= 15 is 0 Å². The van der Waals surface area contributed by atoms with Gasteiger partial charge in [-0.3, -0.25) is 4.79 Å². The average molecular weight is 384 g/mol. The lowest BCUT2D eigenvalue weighted by Gasteiger charge is -2.31. The molecule has 0 saturated carbocycles. The van der Waals surface area contributed by atoms with Crippen molar-refractivity contribution in [3.8, 4) is 5.75 Å². The molecule has 0 aliphatic rings. The van der Waals surface area contributed by atoms with Gasteiger partial charge in [-0.05, 0) is 48.0 Å². The highest BCUT2D eigenvalue weighted by Gasteiger charge is 2.36. The molecule has 5 nitrogen and oxygen atoms in total. The van der Waals surface area contributed by atoms with Crippen LogP contribution in [0, 0.1) is 0 Å². The van der Waals surface area contributed by atoms with Crippen LogP contribution in [0.4, 0.5) is 13.2 Å². The van der Waals surface area contributed by atoms with E-state index in [1.54, 1.807) is 0 Å². The SMILES string of the molecule is CN(C(=O)c1ccc(Br)c(OC(F)(F)F)c1)C(C)(C)C(=O)O. The van der Waals surface area contributed by atoms with Crippen LogP contribution in [0.5, 0.6) is 5.75 Å². The average Bonchev–Trinajstić information content (AvgIpc) is 2.37. The predicted octanol–water partition coefficient (Wildman–Crippen LogP) is 3.28. The first kappa shape index (κ1) is 18.3. The minimum atomic E-state index is -4.91. The first-order valence-electron chi connectivity index (χ1n) is 5.93. The van der Waals surface area contributed by atoms with E-state index < -0.39 is 29.5 Å². The van der Waals surface area contributed by atoms with Gasteiger partial charge in [0.15, 0.2) is 0 Å². The zero-order valence-electron chi connectivity index (χ0n) is 11.9. The number of rotatable bonds is 4. The van der Waals surface area contributed by atoms with Gasteiger partial charge >= 0.3 is 12.3 Å². The molecule has 1 rings (SSSR count). The van der Waals surface area contributed by atoms with Gasteiger partial charge in [-0.15, -0.1) is 13.2 Å². The number of nitrogens with zero attached hydrogens (tertiary/aromatic N) is 1. The summed E-state index contributed by atoms with van der Waals surface area (Å²) in [5, 5.41) is 9.08. The highest BCUT2D eigenvalue weighted by molar-refractivity contribution is 9.10. The number of hydrogen-bond acceptors (Lipinski definition) is 3. The van der Waals surface area contributed by atoms with Crippen LogP contribution in [-0.2, 0) is 4.79 Å². The van der Waals surface area contributed by atoms with Crippen LogP contribution < -0.4 is 4.74 Å². The minimum absolute atomic E-state index is 0.0153. The maximum atomic E-state index is 12.3. The van der Waals surface area contributed by atoms with Crippen LogP contribution in [0.2, 0.25) is 0 Å². The molecule has 0 aromatic heterocycles. The summed E-state index contributed by atoms with van der Waals surface area (Å²) < 4.78 is 40.7. The second kappa shape index (κ2) is 6.15. The van der Waals surface area contributed by atoms with Gasteiger partial charge in [-0.2, -0.15) is 0 Å². The Morgan fingerprint density at radius 3 is 2.27 bits per heavy atom. The zero-order valence-corrected chi connectivity index (χ0v) is 13.4. The van der Waals surface area contributed by atoms with Crippen molar-refractivity contribution in [2.45, 2.75) is 25.7 Å². The molecule has 0 unspecified atom stereocenters. The second-order valence-corrected chi connectivity index (χ2v) is 5.78. The molecule has 0 radical (unpaired) electrons. The first-order valence-corrected chi connectivity index (χ1v) is 6.72. The Hall–Kier alpha value is -1.77. The van der Waals surface area contributed by atoms with Gasteiger partial charge in [-0.1, -0.05) is 0 Å². The number of halogens is 4. The number of benzene rings is 1. The molecule has 1 aromatic rings. The lowest BCUT2D eigenvalue weighted by atomic mass is 10.0. The molecule has 122 valence electrons. The second-order valence-electron chi connectivity index (χ2n) is 4.92. The van der Waals surface area contributed by atoms with Crippen molar-refractivity contribution < 1.29 is 32.6 Å². The molecular weight excluding hydrogens is 371 g/mol. The summed E-state index contributed by atoms with van der Waals surface area (Å²) in [6.07, 6.45) is -4.91. The lowest BCUT2D eigenvalue weighted by Crippen LogP contribution is -2.50. The Kier molecular flexibility index (Phi) is 5.11. The quantitative estimate of drug-likeness (QED) is 0.866. The number of aliphatic carboxylic acids is 1. The van der Waals surface area contributed by atoms with E-state index in [2.05, 4.69) is 20.7 Å². The zero-order chi connectivity index (χ0) is 17.3. The van der Waals surface area contributed by atoms with Gasteiger partial charge < -0.3 is 14.7 Å². The van der Waals surface area contributed by atoms with Gasteiger partial charge in [0.1, 0.15) is 11.3 Å². The van der Waals surface area contributed by atoms with E-state index in [0.29, 0.717) is 0 Å². The fourth-order valence-corrected chi connectivity index (χ4v) is 1.76. The third-order valence-corrected chi connectivity index (χ3v) is 3.73. The molecule has 0 aliphatic heterocycles. The molecule has 0 spiro atoms. The molecule has 22 heavy (non-hydrogen) atoms. The Morgan fingerprint density at radius 1 is 1.27 bits per heavy atom. The molecule has 0 heterocycles. The van der Waals surface area contributed by atoms with E-state index in [4.69, 9.17) is 5.11 Å². The number of carboxylic acids is 1. The van der Waals surface area contributed by atoms with E-state index in [1.807, 2.05) is 0 Å². The molecular formula is C13H13BrF3NO4. The fraction of sp³-hybridized carbons (Fsp3) is 0.385. The monoisotopic (exact) mass is 383 g/mol. The number of alkyl halides is 3. The summed E-state index contributed by atoms with van der Waals surface area (Å²) in [4.78, 5) is 24.3. The van der Waals surface area contributed by atoms with Crippen LogP contribution in [0.15, 0.2) is 22.7 Å². The van der Waals surface area contributed by atoms with Crippen molar-refractivity contribution in [3.05, 3.63) is 28.2 Å². The van der Waals surface area contributed by atoms with Gasteiger partial charge in [0.25, 0.3) is 5.91 Å². The van der Waals surface area contributed by atoms with Crippen molar-refractivity contribution in [1.29, 1.82) is 0 Å². The van der Waals surface area contributed by atoms with Gasteiger partial charge in [-0.25, -0.2) is 4.79 Å². The van der Waals surface area contributed by atoms with Crippen LogP contribution in [-0.4, -0.2) is 40.8 Å². The smallest absolute Gasteiger partial charge is 0.480 e. The Labute approximate surface area is 132 Å². The Morgan fingerprint density at radius 2 is 1.82 bits per heavy atom. The van der Waals surface area contributed by atoms with E-state index in [-0.39, 0.29) is 10.0 Å². The number of hydrogen-bond donors (Lipinski definition) is 1. The molecule has 0 aliphatic carbocycles. The fourth-order valence-electron chi connectivity index (χ4n) is 1.43. The summed E-state index contributed by atoms with van der Waals surface area (Å²) in [6, 6.07) is 3.38. The molecule has 0 bridgehead atoms. The van der Waals surface area contributed by atoms with E-state index in [1.165, 1.54) is 33.0 Å². The molecule has 1 aromatic carbocycles. The number of carbonyl (C=O) groups is 2. The van der Waals surface area contributed by atoms with Crippen molar-refractivity contribution >= 4 is 27.8 Å². The Bertz CT molecular complexity index is 601. The summed E-state index contributed by atoms with van der Waals surface area (Å²) in [5.41, 5.74) is -1.64. The highest BCUT2D eigenvalue weighted by atomic mass is 79.9. The van der Waals surface area contributed by atoms with E-state index in [9.17, 15) is 22.8 Å². The summed E-state index contributed by atoms with van der Waals surface area (Å²) >= 11 is 2.89. The number of carboxylic acid groups (broad SMARTS) is 1. The maximum absolute atomic E-state index is 12.3.